The molecular weight excluding hydrogens is 370 g/mol. The average Bonchev–Trinajstić information content (AvgIpc) is 3.12. The normalized spacial score (nSPS) is 15.1. The van der Waals surface area contributed by atoms with E-state index in [0.717, 1.165) is 17.0 Å². The van der Waals surface area contributed by atoms with Crippen molar-refractivity contribution in [3.05, 3.63) is 58.6 Å². The van der Waals surface area contributed by atoms with Crippen molar-refractivity contribution in [1.82, 2.24) is 4.90 Å². The Kier molecular flexibility index (Phi) is 5.82. The largest absolute Gasteiger partial charge is 0.484 e. The summed E-state index contributed by atoms with van der Waals surface area (Å²) in [6.07, 6.45) is 0. The molecule has 0 atom stereocenters. The van der Waals surface area contributed by atoms with Gasteiger partial charge in [-0.2, -0.15) is 5.26 Å². The second-order valence-corrected chi connectivity index (χ2v) is 7.07. The van der Waals surface area contributed by atoms with Crippen LogP contribution in [0.25, 0.3) is 0 Å². The Bertz CT molecular complexity index is 891. The van der Waals surface area contributed by atoms with Crippen LogP contribution in [0, 0.1) is 18.3 Å². The van der Waals surface area contributed by atoms with Gasteiger partial charge in [0.05, 0.1) is 17.3 Å². The molecule has 26 heavy (non-hydrogen) atoms. The van der Waals surface area contributed by atoms with E-state index in [1.165, 1.54) is 11.8 Å². The van der Waals surface area contributed by atoms with Crippen LogP contribution >= 0.6 is 23.4 Å². The molecule has 0 spiro atoms. The van der Waals surface area contributed by atoms with Gasteiger partial charge < -0.3 is 4.74 Å². The van der Waals surface area contributed by atoms with E-state index in [-0.39, 0.29) is 12.5 Å². The van der Waals surface area contributed by atoms with Crippen LogP contribution in [0.15, 0.2) is 47.5 Å². The summed E-state index contributed by atoms with van der Waals surface area (Å²) >= 11 is 7.68. The number of nitriles is 1. The van der Waals surface area contributed by atoms with Gasteiger partial charge in [-0.25, -0.2) is 4.99 Å². The Morgan fingerprint density at radius 3 is 2.85 bits per heavy atom. The number of thioether (sulfide) groups is 1. The second kappa shape index (κ2) is 8.26. The maximum Gasteiger partial charge on any atom is 0.266 e. The highest BCUT2D eigenvalue weighted by Crippen LogP contribution is 2.29. The molecule has 132 valence electrons. The number of hydrogen-bond donors (Lipinski definition) is 0. The van der Waals surface area contributed by atoms with Crippen LogP contribution in [0.5, 0.6) is 5.75 Å². The predicted molar refractivity (Wildman–Crippen MR) is 104 cm³/mol. The van der Waals surface area contributed by atoms with E-state index < -0.39 is 0 Å². The standard InChI is InChI=1S/C19H16ClN3O2S/c1-13-16(20)3-2-4-17(13)22-19-23(9-10-26-19)18(24)12-25-15-7-5-14(11-21)6-8-15/h2-8H,9-10,12H2,1H3. The molecule has 3 rings (SSSR count). The lowest BCUT2D eigenvalue weighted by Crippen LogP contribution is -2.35. The third-order valence-electron chi connectivity index (χ3n) is 3.88. The van der Waals surface area contributed by atoms with Crippen LogP contribution in [-0.2, 0) is 4.79 Å². The zero-order chi connectivity index (χ0) is 18.5. The lowest BCUT2D eigenvalue weighted by Gasteiger charge is -2.16. The molecule has 1 fully saturated rings. The molecule has 0 N–H and O–H groups in total. The number of aliphatic imine (C=N–C) groups is 1. The van der Waals surface area contributed by atoms with Crippen LogP contribution in [0.1, 0.15) is 11.1 Å². The number of rotatable bonds is 4. The van der Waals surface area contributed by atoms with Gasteiger partial charge in [-0.3, -0.25) is 9.69 Å². The molecule has 0 radical (unpaired) electrons. The van der Waals surface area contributed by atoms with E-state index in [4.69, 9.17) is 21.6 Å². The predicted octanol–water partition coefficient (Wildman–Crippen LogP) is 4.16. The summed E-state index contributed by atoms with van der Waals surface area (Å²) in [4.78, 5) is 18.8. The van der Waals surface area contributed by atoms with Gasteiger partial charge in [0, 0.05) is 17.3 Å². The quantitative estimate of drug-likeness (QED) is 0.792. The van der Waals surface area contributed by atoms with E-state index in [2.05, 4.69) is 4.99 Å². The first-order valence-corrected chi connectivity index (χ1v) is 9.35. The van der Waals surface area contributed by atoms with Crippen LogP contribution < -0.4 is 4.74 Å². The second-order valence-electron chi connectivity index (χ2n) is 5.60. The summed E-state index contributed by atoms with van der Waals surface area (Å²) in [6.45, 7) is 2.42. The zero-order valence-corrected chi connectivity index (χ0v) is 15.7. The van der Waals surface area contributed by atoms with Crippen molar-refractivity contribution in [3.8, 4) is 11.8 Å². The summed E-state index contributed by atoms with van der Waals surface area (Å²) in [6, 6.07) is 14.2. The number of hydrogen-bond acceptors (Lipinski definition) is 5. The van der Waals surface area contributed by atoms with Gasteiger partial charge in [0.25, 0.3) is 5.91 Å². The molecule has 1 aliphatic rings. The monoisotopic (exact) mass is 385 g/mol. The minimum absolute atomic E-state index is 0.0833. The molecule has 1 amide bonds. The van der Waals surface area contributed by atoms with Crippen molar-refractivity contribution in [1.29, 1.82) is 5.26 Å². The minimum Gasteiger partial charge on any atom is -0.484 e. The van der Waals surface area contributed by atoms with E-state index in [0.29, 0.717) is 28.0 Å². The van der Waals surface area contributed by atoms with Crippen molar-refractivity contribution in [2.75, 3.05) is 18.9 Å². The Balaban J connectivity index is 1.69. The van der Waals surface area contributed by atoms with Gasteiger partial charge in [-0.05, 0) is 48.9 Å². The molecule has 7 heteroatoms. The zero-order valence-electron chi connectivity index (χ0n) is 14.1. The van der Waals surface area contributed by atoms with E-state index in [1.54, 1.807) is 29.2 Å². The molecule has 0 aliphatic carbocycles. The molecule has 2 aromatic rings. The molecule has 5 nitrogen and oxygen atoms in total. The number of amides is 1. The molecule has 1 saturated heterocycles. The van der Waals surface area contributed by atoms with Gasteiger partial charge in [0.1, 0.15) is 5.75 Å². The summed E-state index contributed by atoms with van der Waals surface area (Å²) in [5.74, 6) is 1.19. The average molecular weight is 386 g/mol. The number of amidine groups is 1. The molecule has 1 heterocycles. The fraction of sp³-hybridized carbons (Fsp3) is 0.211. The smallest absolute Gasteiger partial charge is 0.266 e. The number of ether oxygens (including phenoxy) is 1. The molecule has 0 bridgehead atoms. The Morgan fingerprint density at radius 1 is 1.35 bits per heavy atom. The lowest BCUT2D eigenvalue weighted by molar-refractivity contribution is -0.129. The first kappa shape index (κ1) is 18.3. The van der Waals surface area contributed by atoms with Crippen molar-refractivity contribution < 1.29 is 9.53 Å². The van der Waals surface area contributed by atoms with E-state index in [9.17, 15) is 4.79 Å². The van der Waals surface area contributed by atoms with Crippen molar-refractivity contribution in [2.24, 2.45) is 4.99 Å². The fourth-order valence-electron chi connectivity index (χ4n) is 2.39. The first-order chi connectivity index (χ1) is 12.6. The summed E-state index contributed by atoms with van der Waals surface area (Å²) in [5, 5.41) is 10.1. The highest BCUT2D eigenvalue weighted by atomic mass is 35.5. The van der Waals surface area contributed by atoms with Gasteiger partial charge in [-0.15, -0.1) is 0 Å². The molecule has 0 saturated carbocycles. The first-order valence-electron chi connectivity index (χ1n) is 7.98. The number of carbonyl (C=O) groups excluding carboxylic acids is 1. The van der Waals surface area contributed by atoms with Crippen LogP contribution in [-0.4, -0.2) is 34.9 Å². The fourth-order valence-corrected chi connectivity index (χ4v) is 3.53. The van der Waals surface area contributed by atoms with Gasteiger partial charge in [0.15, 0.2) is 11.8 Å². The maximum atomic E-state index is 12.5. The van der Waals surface area contributed by atoms with Crippen LogP contribution in [0.4, 0.5) is 5.69 Å². The molecular formula is C19H16ClN3O2S. The van der Waals surface area contributed by atoms with Crippen LogP contribution in [0.2, 0.25) is 5.02 Å². The Hall–Kier alpha value is -2.49. The number of benzene rings is 2. The van der Waals surface area contributed by atoms with E-state index >= 15 is 0 Å². The van der Waals surface area contributed by atoms with E-state index in [1.807, 2.05) is 31.2 Å². The Labute approximate surface area is 161 Å². The van der Waals surface area contributed by atoms with Crippen molar-refractivity contribution in [2.45, 2.75) is 6.92 Å². The number of carbonyl (C=O) groups is 1. The van der Waals surface area contributed by atoms with Gasteiger partial charge >= 0.3 is 0 Å². The molecule has 2 aromatic carbocycles. The van der Waals surface area contributed by atoms with Crippen LogP contribution in [0.3, 0.4) is 0 Å². The van der Waals surface area contributed by atoms with Gasteiger partial charge in [0.2, 0.25) is 0 Å². The molecule has 0 unspecified atom stereocenters. The van der Waals surface area contributed by atoms with Gasteiger partial charge in [-0.1, -0.05) is 29.4 Å². The lowest BCUT2D eigenvalue weighted by atomic mass is 10.2. The SMILES string of the molecule is Cc1c(Cl)cccc1N=C1SCCN1C(=O)COc1ccc(C#N)cc1. The summed E-state index contributed by atoms with van der Waals surface area (Å²) < 4.78 is 5.54. The molecule has 0 aromatic heterocycles. The topological polar surface area (TPSA) is 65.7 Å². The number of halogens is 1. The highest BCUT2D eigenvalue weighted by Gasteiger charge is 2.26. The summed E-state index contributed by atoms with van der Waals surface area (Å²) in [5.41, 5.74) is 2.19. The van der Waals surface area contributed by atoms with Crippen molar-refractivity contribution in [3.63, 3.8) is 0 Å². The summed E-state index contributed by atoms with van der Waals surface area (Å²) in [7, 11) is 0. The minimum atomic E-state index is -0.155. The molecule has 1 aliphatic heterocycles. The Morgan fingerprint density at radius 2 is 2.12 bits per heavy atom. The van der Waals surface area contributed by atoms with Crippen molar-refractivity contribution >= 4 is 40.1 Å². The third-order valence-corrected chi connectivity index (χ3v) is 5.24. The maximum absolute atomic E-state index is 12.5. The highest BCUT2D eigenvalue weighted by molar-refractivity contribution is 8.14. The number of nitrogens with zero attached hydrogens (tertiary/aromatic N) is 3. The third kappa shape index (κ3) is 4.18.